The van der Waals surface area contributed by atoms with E-state index in [2.05, 4.69) is 4.98 Å². The first kappa shape index (κ1) is 10.7. The van der Waals surface area contributed by atoms with Crippen LogP contribution in [0, 0.1) is 0 Å². The van der Waals surface area contributed by atoms with Crippen LogP contribution < -0.4 is 10.5 Å². The highest BCUT2D eigenvalue weighted by molar-refractivity contribution is 5.96. The average molecular weight is 194 g/mol. The predicted octanol–water partition coefficient (Wildman–Crippen LogP) is 1.01. The number of Topliss-reactive ketones (excluding diaryl/α,β-unsaturated/α-hetero) is 1. The maximum absolute atomic E-state index is 11.4. The summed E-state index contributed by atoms with van der Waals surface area (Å²) in [5.41, 5.74) is 5.85. The highest BCUT2D eigenvalue weighted by Crippen LogP contribution is 2.12. The third-order valence-corrected chi connectivity index (χ3v) is 1.72. The molecule has 0 aliphatic rings. The van der Waals surface area contributed by atoms with Crippen LogP contribution in [0.5, 0.6) is 5.75 Å². The van der Waals surface area contributed by atoms with Crippen LogP contribution in [-0.4, -0.2) is 23.9 Å². The molecule has 1 aromatic heterocycles. The third-order valence-electron chi connectivity index (χ3n) is 1.72. The minimum absolute atomic E-state index is 0.00144. The molecule has 0 unspecified atom stereocenters. The van der Waals surface area contributed by atoms with Gasteiger partial charge in [0, 0.05) is 18.2 Å². The number of hydrogen-bond donors (Lipinski definition) is 1. The number of carbonyl (C=O) groups excluding carboxylic acids is 1. The quantitative estimate of drug-likeness (QED) is 0.710. The molecule has 0 radical (unpaired) electrons. The number of hydrogen-bond acceptors (Lipinski definition) is 4. The van der Waals surface area contributed by atoms with Crippen molar-refractivity contribution in [2.75, 3.05) is 13.2 Å². The van der Waals surface area contributed by atoms with Gasteiger partial charge in [0.25, 0.3) is 0 Å². The summed E-state index contributed by atoms with van der Waals surface area (Å²) in [6.07, 6.45) is 3.46. The summed E-state index contributed by atoms with van der Waals surface area (Å²) in [6.45, 7) is 2.81. The average Bonchev–Trinajstić information content (AvgIpc) is 2.19. The van der Waals surface area contributed by atoms with Gasteiger partial charge in [-0.15, -0.1) is 0 Å². The van der Waals surface area contributed by atoms with Crippen molar-refractivity contribution in [1.82, 2.24) is 4.98 Å². The molecule has 14 heavy (non-hydrogen) atoms. The summed E-state index contributed by atoms with van der Waals surface area (Å²) in [6, 6.07) is 1.69. The summed E-state index contributed by atoms with van der Waals surface area (Å²) in [4.78, 5) is 15.3. The topological polar surface area (TPSA) is 65.2 Å². The molecule has 4 nitrogen and oxygen atoms in total. The van der Waals surface area contributed by atoms with E-state index in [1.54, 1.807) is 12.3 Å². The summed E-state index contributed by atoms with van der Waals surface area (Å²) in [5, 5.41) is 0. The van der Waals surface area contributed by atoms with E-state index >= 15 is 0 Å². The Hall–Kier alpha value is -1.42. The highest BCUT2D eigenvalue weighted by Gasteiger charge is 2.05. The van der Waals surface area contributed by atoms with Crippen LogP contribution in [0.1, 0.15) is 23.7 Å². The van der Waals surface area contributed by atoms with Gasteiger partial charge in [-0.25, -0.2) is 0 Å². The van der Waals surface area contributed by atoms with Crippen molar-refractivity contribution in [3.63, 3.8) is 0 Å². The van der Waals surface area contributed by atoms with Gasteiger partial charge in [0.15, 0.2) is 5.78 Å². The van der Waals surface area contributed by atoms with Crippen LogP contribution >= 0.6 is 0 Å². The molecule has 0 spiro atoms. The molecule has 0 saturated carbocycles. The van der Waals surface area contributed by atoms with Gasteiger partial charge in [-0.1, -0.05) is 0 Å². The minimum atomic E-state index is 0.00144. The van der Waals surface area contributed by atoms with E-state index in [0.717, 1.165) is 0 Å². The van der Waals surface area contributed by atoms with E-state index in [1.807, 2.05) is 6.92 Å². The molecule has 0 aliphatic heterocycles. The lowest BCUT2D eigenvalue weighted by Gasteiger charge is -2.03. The smallest absolute Gasteiger partial charge is 0.165 e. The number of ether oxygens (including phenoxy) is 1. The lowest BCUT2D eigenvalue weighted by Crippen LogP contribution is -2.08. The molecule has 0 amide bonds. The Morgan fingerprint density at radius 2 is 2.36 bits per heavy atom. The molecular weight excluding hydrogens is 180 g/mol. The molecule has 0 saturated heterocycles. The second-order valence-corrected chi connectivity index (χ2v) is 2.80. The van der Waals surface area contributed by atoms with Gasteiger partial charge in [-0.2, -0.15) is 0 Å². The number of ketones is 1. The van der Waals surface area contributed by atoms with Crippen molar-refractivity contribution >= 4 is 5.78 Å². The summed E-state index contributed by atoms with van der Waals surface area (Å²) < 4.78 is 5.23. The molecule has 1 heterocycles. The van der Waals surface area contributed by atoms with Gasteiger partial charge in [-0.3, -0.25) is 9.78 Å². The summed E-state index contributed by atoms with van der Waals surface area (Å²) in [5.74, 6) is 0.622. The molecule has 1 rings (SSSR count). The monoisotopic (exact) mass is 194 g/mol. The van der Waals surface area contributed by atoms with Crippen LogP contribution in [0.4, 0.5) is 0 Å². The van der Waals surface area contributed by atoms with E-state index in [9.17, 15) is 4.79 Å². The van der Waals surface area contributed by atoms with Gasteiger partial charge in [0.05, 0.1) is 12.8 Å². The largest absolute Gasteiger partial charge is 0.492 e. The van der Waals surface area contributed by atoms with Gasteiger partial charge in [-0.05, 0) is 19.5 Å². The van der Waals surface area contributed by atoms with Crippen molar-refractivity contribution in [2.24, 2.45) is 5.73 Å². The van der Waals surface area contributed by atoms with Gasteiger partial charge in [0.2, 0.25) is 0 Å². The molecule has 0 bridgehead atoms. The van der Waals surface area contributed by atoms with Crippen LogP contribution in [-0.2, 0) is 0 Å². The fourth-order valence-electron chi connectivity index (χ4n) is 1.09. The first-order chi connectivity index (χ1) is 6.77. The fourth-order valence-corrected chi connectivity index (χ4v) is 1.09. The number of nitrogens with zero attached hydrogens (tertiary/aromatic N) is 1. The Morgan fingerprint density at radius 3 is 3.00 bits per heavy atom. The van der Waals surface area contributed by atoms with Gasteiger partial charge >= 0.3 is 0 Å². The zero-order valence-corrected chi connectivity index (χ0v) is 8.19. The molecule has 76 valence electrons. The third kappa shape index (κ3) is 2.81. The molecule has 2 N–H and O–H groups in total. The maximum Gasteiger partial charge on any atom is 0.165 e. The van der Waals surface area contributed by atoms with Crippen LogP contribution in [0.25, 0.3) is 0 Å². The molecule has 1 aromatic rings. The Labute approximate surface area is 83.1 Å². The minimum Gasteiger partial charge on any atom is -0.492 e. The molecule has 0 atom stereocenters. The van der Waals surface area contributed by atoms with Crippen molar-refractivity contribution in [1.29, 1.82) is 0 Å². The standard InChI is InChI=1S/C10H14N2O2/c1-2-14-9-5-8(6-12-7-9)10(13)3-4-11/h5-7H,2-4,11H2,1H3. The van der Waals surface area contributed by atoms with Crippen molar-refractivity contribution in [3.8, 4) is 5.75 Å². The molecular formula is C10H14N2O2. The van der Waals surface area contributed by atoms with Crippen LogP contribution in [0.3, 0.4) is 0 Å². The number of nitrogens with two attached hydrogens (primary N) is 1. The number of aromatic nitrogens is 1. The highest BCUT2D eigenvalue weighted by atomic mass is 16.5. The van der Waals surface area contributed by atoms with Crippen LogP contribution in [0.15, 0.2) is 18.5 Å². The lowest BCUT2D eigenvalue weighted by molar-refractivity contribution is 0.0984. The van der Waals surface area contributed by atoms with E-state index in [0.29, 0.717) is 30.9 Å². The second-order valence-electron chi connectivity index (χ2n) is 2.80. The lowest BCUT2D eigenvalue weighted by atomic mass is 10.1. The maximum atomic E-state index is 11.4. The SMILES string of the molecule is CCOc1cncc(C(=O)CCN)c1. The molecule has 4 heteroatoms. The van der Waals surface area contributed by atoms with Crippen LogP contribution in [0.2, 0.25) is 0 Å². The Bertz CT molecular complexity index is 313. The first-order valence-electron chi connectivity index (χ1n) is 4.59. The second kappa shape index (κ2) is 5.34. The number of carbonyl (C=O) groups is 1. The van der Waals surface area contributed by atoms with Crippen molar-refractivity contribution < 1.29 is 9.53 Å². The predicted molar refractivity (Wildman–Crippen MR) is 53.4 cm³/mol. The summed E-state index contributed by atoms with van der Waals surface area (Å²) in [7, 11) is 0. The van der Waals surface area contributed by atoms with E-state index in [4.69, 9.17) is 10.5 Å². The number of rotatable bonds is 5. The van der Waals surface area contributed by atoms with E-state index < -0.39 is 0 Å². The Kier molecular flexibility index (Phi) is 4.07. The fraction of sp³-hybridized carbons (Fsp3) is 0.400. The van der Waals surface area contributed by atoms with Gasteiger partial charge < -0.3 is 10.5 Å². The Balaban J connectivity index is 2.77. The first-order valence-corrected chi connectivity index (χ1v) is 4.59. The summed E-state index contributed by atoms with van der Waals surface area (Å²) >= 11 is 0. The van der Waals surface area contributed by atoms with E-state index in [-0.39, 0.29) is 5.78 Å². The van der Waals surface area contributed by atoms with Gasteiger partial charge in [0.1, 0.15) is 5.75 Å². The zero-order valence-electron chi connectivity index (χ0n) is 8.19. The molecule has 0 aliphatic carbocycles. The number of pyridine rings is 1. The zero-order chi connectivity index (χ0) is 10.4. The Morgan fingerprint density at radius 1 is 1.57 bits per heavy atom. The molecule has 0 fully saturated rings. The van der Waals surface area contributed by atoms with Crippen molar-refractivity contribution in [3.05, 3.63) is 24.0 Å². The van der Waals surface area contributed by atoms with Crippen molar-refractivity contribution in [2.45, 2.75) is 13.3 Å². The normalized spacial score (nSPS) is 9.86. The van der Waals surface area contributed by atoms with E-state index in [1.165, 1.54) is 6.20 Å². The molecule has 0 aromatic carbocycles.